The number of guanidine groups is 1. The Kier molecular flexibility index (Phi) is 10.6. The summed E-state index contributed by atoms with van der Waals surface area (Å²) in [6.45, 7) is 7.19. The Bertz CT molecular complexity index is 276. The van der Waals surface area contributed by atoms with E-state index in [1.54, 1.807) is 7.11 Å². The quantitative estimate of drug-likeness (QED) is 0.301. The summed E-state index contributed by atoms with van der Waals surface area (Å²) >= 11 is 0. The number of nitrogens with one attached hydrogen (secondary N) is 2. The van der Waals surface area contributed by atoms with E-state index in [0.717, 1.165) is 25.0 Å². The Labute approximate surface area is 141 Å². The first-order valence-electron chi connectivity index (χ1n) is 7.55. The topological polar surface area (TPSA) is 45.7 Å². The molecule has 1 rings (SSSR count). The van der Waals surface area contributed by atoms with Gasteiger partial charge in [-0.05, 0) is 30.6 Å². The molecule has 0 aromatic carbocycles. The molecule has 0 unspecified atom stereocenters. The van der Waals surface area contributed by atoms with E-state index in [1.165, 1.54) is 32.1 Å². The van der Waals surface area contributed by atoms with Crippen molar-refractivity contribution in [1.29, 1.82) is 0 Å². The summed E-state index contributed by atoms with van der Waals surface area (Å²) in [6, 6.07) is 0. The third-order valence-electron chi connectivity index (χ3n) is 3.96. The van der Waals surface area contributed by atoms with Crippen molar-refractivity contribution in [3.05, 3.63) is 0 Å². The number of ether oxygens (including phenoxy) is 1. The lowest BCUT2D eigenvalue weighted by atomic mass is 9.78. The van der Waals surface area contributed by atoms with Gasteiger partial charge in [0.1, 0.15) is 0 Å². The van der Waals surface area contributed by atoms with Crippen LogP contribution in [-0.4, -0.2) is 39.8 Å². The maximum Gasteiger partial charge on any atom is 0.191 e. The molecule has 4 nitrogen and oxygen atoms in total. The summed E-state index contributed by atoms with van der Waals surface area (Å²) < 4.78 is 5.04. The van der Waals surface area contributed by atoms with Crippen LogP contribution in [0.2, 0.25) is 0 Å². The SMILES string of the molecule is CN=C(NCCOC)NCC1(CC(C)C)CCCC1.I. The molecule has 1 aliphatic rings. The van der Waals surface area contributed by atoms with Gasteiger partial charge in [0.05, 0.1) is 6.61 Å². The standard InChI is InChI=1S/C15H31N3O.HI/c1-13(2)11-15(7-5-6-8-15)12-18-14(16-3)17-9-10-19-4;/h13H,5-12H2,1-4H3,(H2,16,17,18);1H. The monoisotopic (exact) mass is 397 g/mol. The predicted molar refractivity (Wildman–Crippen MR) is 97.0 cm³/mol. The molecule has 0 spiro atoms. The zero-order chi connectivity index (χ0) is 14.1. The minimum Gasteiger partial charge on any atom is -0.383 e. The number of methoxy groups -OCH3 is 1. The highest BCUT2D eigenvalue weighted by Gasteiger charge is 2.34. The Hall–Kier alpha value is -0.0400. The van der Waals surface area contributed by atoms with E-state index >= 15 is 0 Å². The highest BCUT2D eigenvalue weighted by molar-refractivity contribution is 14.0. The number of aliphatic imine (C=N–C) groups is 1. The number of rotatable bonds is 7. The van der Waals surface area contributed by atoms with Crippen molar-refractivity contribution in [2.45, 2.75) is 46.0 Å². The molecule has 0 aromatic rings. The second-order valence-electron chi connectivity index (χ2n) is 6.15. The summed E-state index contributed by atoms with van der Waals surface area (Å²) in [4.78, 5) is 4.27. The molecule has 0 bridgehead atoms. The second kappa shape index (κ2) is 10.7. The van der Waals surface area contributed by atoms with E-state index in [9.17, 15) is 0 Å². The van der Waals surface area contributed by atoms with Gasteiger partial charge >= 0.3 is 0 Å². The van der Waals surface area contributed by atoms with Gasteiger partial charge in [0, 0.05) is 27.2 Å². The third-order valence-corrected chi connectivity index (χ3v) is 3.96. The highest BCUT2D eigenvalue weighted by atomic mass is 127. The molecule has 120 valence electrons. The van der Waals surface area contributed by atoms with Gasteiger partial charge < -0.3 is 15.4 Å². The first-order chi connectivity index (χ1) is 9.12. The zero-order valence-corrected chi connectivity index (χ0v) is 15.8. The smallest absolute Gasteiger partial charge is 0.191 e. The minimum absolute atomic E-state index is 0. The fourth-order valence-corrected chi connectivity index (χ4v) is 3.21. The van der Waals surface area contributed by atoms with E-state index in [0.29, 0.717) is 12.0 Å². The van der Waals surface area contributed by atoms with Crippen molar-refractivity contribution in [1.82, 2.24) is 10.6 Å². The second-order valence-corrected chi connectivity index (χ2v) is 6.15. The van der Waals surface area contributed by atoms with E-state index < -0.39 is 0 Å². The average Bonchev–Trinajstić information content (AvgIpc) is 2.81. The van der Waals surface area contributed by atoms with Crippen molar-refractivity contribution >= 4 is 29.9 Å². The van der Waals surface area contributed by atoms with Crippen molar-refractivity contribution in [3.8, 4) is 0 Å². The Balaban J connectivity index is 0.00000361. The molecule has 20 heavy (non-hydrogen) atoms. The normalized spacial score (nSPS) is 17.9. The Morgan fingerprint density at radius 3 is 2.40 bits per heavy atom. The predicted octanol–water partition coefficient (Wildman–Crippen LogP) is 3.02. The molecule has 0 saturated heterocycles. The van der Waals surface area contributed by atoms with Gasteiger partial charge in [-0.2, -0.15) is 0 Å². The van der Waals surface area contributed by atoms with Crippen LogP contribution in [0.3, 0.4) is 0 Å². The van der Waals surface area contributed by atoms with Crippen LogP contribution in [0.4, 0.5) is 0 Å². The van der Waals surface area contributed by atoms with Gasteiger partial charge in [0.25, 0.3) is 0 Å². The van der Waals surface area contributed by atoms with Gasteiger partial charge in [-0.1, -0.05) is 26.7 Å². The fourth-order valence-electron chi connectivity index (χ4n) is 3.21. The summed E-state index contributed by atoms with van der Waals surface area (Å²) in [7, 11) is 3.54. The van der Waals surface area contributed by atoms with E-state index in [1.807, 2.05) is 7.05 Å². The van der Waals surface area contributed by atoms with Crippen LogP contribution in [0.5, 0.6) is 0 Å². The van der Waals surface area contributed by atoms with Gasteiger partial charge in [-0.15, -0.1) is 24.0 Å². The molecule has 0 heterocycles. The molecule has 0 aliphatic heterocycles. The summed E-state index contributed by atoms with van der Waals surface area (Å²) in [6.07, 6.45) is 6.78. The molecule has 1 aliphatic carbocycles. The Morgan fingerprint density at radius 1 is 1.25 bits per heavy atom. The largest absolute Gasteiger partial charge is 0.383 e. The summed E-state index contributed by atoms with van der Waals surface area (Å²) in [5.74, 6) is 1.66. The van der Waals surface area contributed by atoms with Crippen LogP contribution in [-0.2, 0) is 4.74 Å². The molecular formula is C15H32IN3O. The molecule has 2 N–H and O–H groups in total. The molecule has 5 heteroatoms. The minimum atomic E-state index is 0. The third kappa shape index (κ3) is 7.11. The van der Waals surface area contributed by atoms with Crippen molar-refractivity contribution in [2.75, 3.05) is 33.9 Å². The van der Waals surface area contributed by atoms with Gasteiger partial charge in [0.2, 0.25) is 0 Å². The maximum absolute atomic E-state index is 5.04. The average molecular weight is 397 g/mol. The highest BCUT2D eigenvalue weighted by Crippen LogP contribution is 2.42. The van der Waals surface area contributed by atoms with Crippen molar-refractivity contribution in [3.63, 3.8) is 0 Å². The lowest BCUT2D eigenvalue weighted by Gasteiger charge is -2.31. The van der Waals surface area contributed by atoms with Gasteiger partial charge in [-0.25, -0.2) is 0 Å². The van der Waals surface area contributed by atoms with Crippen LogP contribution in [0, 0.1) is 11.3 Å². The molecule has 1 saturated carbocycles. The van der Waals surface area contributed by atoms with E-state index in [-0.39, 0.29) is 24.0 Å². The number of hydrogen-bond acceptors (Lipinski definition) is 2. The Morgan fingerprint density at radius 2 is 1.90 bits per heavy atom. The van der Waals surface area contributed by atoms with Crippen LogP contribution in [0.25, 0.3) is 0 Å². The molecule has 0 radical (unpaired) electrons. The summed E-state index contributed by atoms with van der Waals surface area (Å²) in [5, 5.41) is 6.78. The lowest BCUT2D eigenvalue weighted by molar-refractivity contribution is 0.203. The molecular weight excluding hydrogens is 365 g/mol. The van der Waals surface area contributed by atoms with Crippen molar-refractivity contribution in [2.24, 2.45) is 16.3 Å². The van der Waals surface area contributed by atoms with Crippen LogP contribution in [0.15, 0.2) is 4.99 Å². The maximum atomic E-state index is 5.04. The fraction of sp³-hybridized carbons (Fsp3) is 0.933. The molecule has 1 fully saturated rings. The van der Waals surface area contributed by atoms with Crippen LogP contribution >= 0.6 is 24.0 Å². The summed E-state index contributed by atoms with van der Waals surface area (Å²) in [5.41, 5.74) is 0.479. The van der Waals surface area contributed by atoms with Crippen molar-refractivity contribution < 1.29 is 4.74 Å². The van der Waals surface area contributed by atoms with Gasteiger partial charge in [-0.3, -0.25) is 4.99 Å². The first-order valence-corrected chi connectivity index (χ1v) is 7.55. The molecule has 0 amide bonds. The lowest BCUT2D eigenvalue weighted by Crippen LogP contribution is -2.44. The zero-order valence-electron chi connectivity index (χ0n) is 13.5. The molecule has 0 atom stereocenters. The first kappa shape index (κ1) is 20.0. The van der Waals surface area contributed by atoms with Crippen LogP contribution in [0.1, 0.15) is 46.0 Å². The molecule has 0 aromatic heterocycles. The number of nitrogens with zero attached hydrogens (tertiary/aromatic N) is 1. The van der Waals surface area contributed by atoms with Gasteiger partial charge in [0.15, 0.2) is 5.96 Å². The van der Waals surface area contributed by atoms with E-state index in [2.05, 4.69) is 29.5 Å². The number of halogens is 1. The van der Waals surface area contributed by atoms with E-state index in [4.69, 9.17) is 4.74 Å². The number of hydrogen-bond donors (Lipinski definition) is 2. The van der Waals surface area contributed by atoms with Crippen LogP contribution < -0.4 is 10.6 Å².